The summed E-state index contributed by atoms with van der Waals surface area (Å²) in [6, 6.07) is 9.81. The Bertz CT molecular complexity index is 732. The van der Waals surface area contributed by atoms with Crippen molar-refractivity contribution in [1.29, 1.82) is 0 Å². The van der Waals surface area contributed by atoms with Gasteiger partial charge in [-0.1, -0.05) is 30.3 Å². The van der Waals surface area contributed by atoms with Gasteiger partial charge in [-0.25, -0.2) is 4.79 Å². The minimum absolute atomic E-state index is 0.00306. The zero-order chi connectivity index (χ0) is 15.4. The second kappa shape index (κ2) is 5.92. The van der Waals surface area contributed by atoms with Gasteiger partial charge in [0.25, 0.3) is 0 Å². The van der Waals surface area contributed by atoms with Crippen LogP contribution in [0.3, 0.4) is 0 Å². The molecule has 5 heteroatoms. The summed E-state index contributed by atoms with van der Waals surface area (Å²) >= 11 is 0. The summed E-state index contributed by atoms with van der Waals surface area (Å²) < 4.78 is 0. The average Bonchev–Trinajstić information content (AvgIpc) is 2.53. The van der Waals surface area contributed by atoms with Crippen molar-refractivity contribution in [3.63, 3.8) is 0 Å². The van der Waals surface area contributed by atoms with Gasteiger partial charge in [0.1, 0.15) is 0 Å². The van der Waals surface area contributed by atoms with Crippen molar-refractivity contribution in [2.24, 2.45) is 0 Å². The molecule has 2 rings (SSSR count). The highest BCUT2D eigenvalue weighted by atomic mass is 16.4. The van der Waals surface area contributed by atoms with Crippen LogP contribution in [0.4, 0.5) is 0 Å². The fourth-order valence-electron chi connectivity index (χ4n) is 2.15. The summed E-state index contributed by atoms with van der Waals surface area (Å²) in [6.07, 6.45) is 1.05. The Kier molecular flexibility index (Phi) is 4.04. The van der Waals surface area contributed by atoms with Crippen LogP contribution in [-0.4, -0.2) is 29.9 Å². The average molecular weight is 282 g/mol. The van der Waals surface area contributed by atoms with Gasteiger partial charge >= 0.3 is 5.97 Å². The van der Waals surface area contributed by atoms with E-state index in [2.05, 4.69) is 0 Å². The smallest absolute Gasteiger partial charge is 0.336 e. The maximum atomic E-state index is 11.3. The highest BCUT2D eigenvalue weighted by molar-refractivity contribution is 6.09. The SMILES string of the molecule is O=Cc1c(C(=O)O)cc(-c2ccccc2)c(C=O)c1C=O. The third-order valence-corrected chi connectivity index (χ3v) is 3.12. The summed E-state index contributed by atoms with van der Waals surface area (Å²) in [4.78, 5) is 44.9. The van der Waals surface area contributed by atoms with Gasteiger partial charge in [0.15, 0.2) is 18.9 Å². The number of rotatable bonds is 5. The molecule has 0 aromatic heterocycles. The van der Waals surface area contributed by atoms with E-state index in [1.807, 2.05) is 0 Å². The van der Waals surface area contributed by atoms with Crippen molar-refractivity contribution < 1.29 is 24.3 Å². The lowest BCUT2D eigenvalue weighted by Gasteiger charge is -2.12. The van der Waals surface area contributed by atoms with Gasteiger partial charge < -0.3 is 5.11 Å². The van der Waals surface area contributed by atoms with Crippen LogP contribution >= 0.6 is 0 Å². The van der Waals surface area contributed by atoms with E-state index in [4.69, 9.17) is 0 Å². The van der Waals surface area contributed by atoms with Crippen molar-refractivity contribution in [3.05, 3.63) is 58.7 Å². The predicted molar refractivity (Wildman–Crippen MR) is 75.0 cm³/mol. The summed E-state index contributed by atoms with van der Waals surface area (Å²) in [5, 5.41) is 9.19. The molecule has 5 nitrogen and oxygen atoms in total. The summed E-state index contributed by atoms with van der Waals surface area (Å²) in [5.74, 6) is -1.34. The second-order valence-corrected chi connectivity index (χ2v) is 4.24. The van der Waals surface area contributed by atoms with E-state index in [1.165, 1.54) is 6.07 Å². The van der Waals surface area contributed by atoms with E-state index in [0.717, 1.165) is 0 Å². The number of carboxylic acid groups (broad SMARTS) is 1. The van der Waals surface area contributed by atoms with Crippen molar-refractivity contribution in [3.8, 4) is 11.1 Å². The Morgan fingerprint density at radius 3 is 1.90 bits per heavy atom. The van der Waals surface area contributed by atoms with Crippen LogP contribution in [0.25, 0.3) is 11.1 Å². The third-order valence-electron chi connectivity index (χ3n) is 3.12. The molecule has 0 bridgehead atoms. The lowest BCUT2D eigenvalue weighted by Crippen LogP contribution is -2.09. The first-order valence-corrected chi connectivity index (χ1v) is 5.99. The summed E-state index contributed by atoms with van der Waals surface area (Å²) in [6.45, 7) is 0. The zero-order valence-corrected chi connectivity index (χ0v) is 10.8. The van der Waals surface area contributed by atoms with E-state index in [1.54, 1.807) is 30.3 Å². The molecule has 0 aliphatic carbocycles. The van der Waals surface area contributed by atoms with Gasteiger partial charge in [0.2, 0.25) is 0 Å². The van der Waals surface area contributed by atoms with Crippen LogP contribution in [0, 0.1) is 0 Å². The Morgan fingerprint density at radius 1 is 0.857 bits per heavy atom. The number of aromatic carboxylic acids is 1. The first-order chi connectivity index (χ1) is 10.1. The number of carbonyl (C=O) groups excluding carboxylic acids is 3. The van der Waals surface area contributed by atoms with E-state index >= 15 is 0 Å². The Balaban J connectivity index is 2.91. The lowest BCUT2D eigenvalue weighted by atomic mass is 9.90. The Morgan fingerprint density at radius 2 is 1.43 bits per heavy atom. The van der Waals surface area contributed by atoms with Crippen LogP contribution in [-0.2, 0) is 0 Å². The van der Waals surface area contributed by atoms with Crippen molar-refractivity contribution in [1.82, 2.24) is 0 Å². The van der Waals surface area contributed by atoms with Crippen molar-refractivity contribution >= 4 is 24.8 Å². The van der Waals surface area contributed by atoms with Crippen LogP contribution in [0.2, 0.25) is 0 Å². The van der Waals surface area contributed by atoms with Gasteiger partial charge in [0, 0.05) is 16.7 Å². The molecule has 1 N–H and O–H groups in total. The van der Waals surface area contributed by atoms with E-state index in [9.17, 15) is 24.3 Å². The molecule has 0 spiro atoms. The van der Waals surface area contributed by atoms with E-state index < -0.39 is 5.97 Å². The zero-order valence-electron chi connectivity index (χ0n) is 10.8. The van der Waals surface area contributed by atoms with Gasteiger partial charge in [-0.3, -0.25) is 14.4 Å². The maximum absolute atomic E-state index is 11.3. The molecule has 0 atom stereocenters. The number of hydrogen-bond acceptors (Lipinski definition) is 4. The first kappa shape index (κ1) is 14.3. The lowest BCUT2D eigenvalue weighted by molar-refractivity contribution is 0.0693. The largest absolute Gasteiger partial charge is 0.478 e. The Labute approximate surface area is 119 Å². The quantitative estimate of drug-likeness (QED) is 0.851. The molecule has 0 amide bonds. The molecule has 0 saturated heterocycles. The van der Waals surface area contributed by atoms with E-state index in [-0.39, 0.29) is 28.5 Å². The molecular weight excluding hydrogens is 272 g/mol. The van der Waals surface area contributed by atoms with Crippen molar-refractivity contribution in [2.75, 3.05) is 0 Å². The standard InChI is InChI=1S/C16H10O5/c17-7-13-11(10-4-2-1-3-5-10)6-12(16(20)21)14(8-18)15(13)9-19/h1-9H,(H,20,21). The van der Waals surface area contributed by atoms with Crippen LogP contribution in [0.1, 0.15) is 41.4 Å². The van der Waals surface area contributed by atoms with Crippen LogP contribution < -0.4 is 0 Å². The van der Waals surface area contributed by atoms with Gasteiger partial charge in [-0.05, 0) is 17.2 Å². The Hall–Kier alpha value is -3.08. The van der Waals surface area contributed by atoms with Gasteiger partial charge in [-0.15, -0.1) is 0 Å². The summed E-state index contributed by atoms with van der Waals surface area (Å²) in [5.41, 5.74) is 0.0798. The van der Waals surface area contributed by atoms with Gasteiger partial charge in [-0.2, -0.15) is 0 Å². The van der Waals surface area contributed by atoms with E-state index in [0.29, 0.717) is 23.7 Å². The molecule has 0 unspecified atom stereocenters. The van der Waals surface area contributed by atoms with Gasteiger partial charge in [0.05, 0.1) is 5.56 Å². The van der Waals surface area contributed by atoms with Crippen molar-refractivity contribution in [2.45, 2.75) is 0 Å². The second-order valence-electron chi connectivity index (χ2n) is 4.24. The van der Waals surface area contributed by atoms with Crippen LogP contribution in [0.15, 0.2) is 36.4 Å². The molecule has 0 aliphatic rings. The normalized spacial score (nSPS) is 9.90. The number of carbonyl (C=O) groups is 4. The van der Waals surface area contributed by atoms with Crippen LogP contribution in [0.5, 0.6) is 0 Å². The predicted octanol–water partition coefficient (Wildman–Crippen LogP) is 2.49. The molecule has 0 aliphatic heterocycles. The molecule has 0 saturated carbocycles. The maximum Gasteiger partial charge on any atom is 0.336 e. The molecule has 2 aromatic rings. The molecule has 0 heterocycles. The molecule has 2 aromatic carbocycles. The highest BCUT2D eigenvalue weighted by Gasteiger charge is 2.21. The monoisotopic (exact) mass is 282 g/mol. The third kappa shape index (κ3) is 2.49. The molecule has 0 fully saturated rings. The fourth-order valence-corrected chi connectivity index (χ4v) is 2.15. The minimum atomic E-state index is -1.34. The number of aldehydes is 3. The molecule has 21 heavy (non-hydrogen) atoms. The number of hydrogen-bond donors (Lipinski definition) is 1. The first-order valence-electron chi connectivity index (χ1n) is 5.99. The number of carboxylic acids is 1. The topological polar surface area (TPSA) is 88.5 Å². The fraction of sp³-hybridized carbons (Fsp3) is 0. The number of benzene rings is 2. The molecule has 104 valence electrons. The molecular formula is C16H10O5. The highest BCUT2D eigenvalue weighted by Crippen LogP contribution is 2.29. The molecule has 0 radical (unpaired) electrons. The summed E-state index contributed by atoms with van der Waals surface area (Å²) in [7, 11) is 0. The minimum Gasteiger partial charge on any atom is -0.478 e.